The lowest BCUT2D eigenvalue weighted by atomic mass is 10.1. The Labute approximate surface area is 81.6 Å². The molecule has 0 saturated heterocycles. The van der Waals surface area contributed by atoms with Gasteiger partial charge in [0.25, 0.3) is 0 Å². The van der Waals surface area contributed by atoms with Crippen LogP contribution in [-0.2, 0) is 6.42 Å². The summed E-state index contributed by atoms with van der Waals surface area (Å²) in [6.45, 7) is 5.83. The minimum absolute atomic E-state index is 0.999. The van der Waals surface area contributed by atoms with Crippen molar-refractivity contribution in [3.63, 3.8) is 0 Å². The second-order valence-electron chi connectivity index (χ2n) is 2.87. The molecule has 66 valence electrons. The first-order chi connectivity index (χ1) is 5.74. The minimum atomic E-state index is 0.999. The van der Waals surface area contributed by atoms with Crippen LogP contribution in [-0.4, -0.2) is 5.33 Å². The van der Waals surface area contributed by atoms with Crippen LogP contribution >= 0.6 is 15.9 Å². The third-order valence-corrected chi connectivity index (χ3v) is 2.26. The fourth-order valence-electron chi connectivity index (χ4n) is 0.977. The fourth-order valence-corrected chi connectivity index (χ4v) is 1.26. The van der Waals surface area contributed by atoms with E-state index in [1.54, 1.807) is 6.26 Å². The summed E-state index contributed by atoms with van der Waals surface area (Å²) in [7, 11) is 0. The zero-order valence-corrected chi connectivity index (χ0v) is 8.86. The molecule has 0 unspecified atom stereocenters. The molecule has 0 aromatic carbocycles. The van der Waals surface area contributed by atoms with E-state index in [0.29, 0.717) is 0 Å². The summed E-state index contributed by atoms with van der Waals surface area (Å²) in [5.41, 5.74) is 2.17. The highest BCUT2D eigenvalue weighted by atomic mass is 79.9. The van der Waals surface area contributed by atoms with Crippen LogP contribution in [0.4, 0.5) is 0 Å². The second-order valence-corrected chi connectivity index (χ2v) is 3.67. The summed E-state index contributed by atoms with van der Waals surface area (Å²) in [5.74, 6) is 1.05. The highest BCUT2D eigenvalue weighted by molar-refractivity contribution is 9.09. The number of hydrogen-bond acceptors (Lipinski definition) is 1. The van der Waals surface area contributed by atoms with Gasteiger partial charge in [-0.1, -0.05) is 22.5 Å². The van der Waals surface area contributed by atoms with Gasteiger partial charge in [-0.15, -0.1) is 0 Å². The van der Waals surface area contributed by atoms with E-state index in [0.717, 1.165) is 35.1 Å². The van der Waals surface area contributed by atoms with E-state index in [1.165, 1.54) is 0 Å². The Morgan fingerprint density at radius 1 is 1.67 bits per heavy atom. The third kappa shape index (κ3) is 2.52. The number of alkyl halides is 1. The summed E-state index contributed by atoms with van der Waals surface area (Å²) >= 11 is 3.38. The molecule has 1 nitrogen and oxygen atoms in total. The Kier molecular flexibility index (Phi) is 3.60. The average Bonchev–Trinajstić information content (AvgIpc) is 2.48. The van der Waals surface area contributed by atoms with Gasteiger partial charge in [-0.3, -0.25) is 0 Å². The largest absolute Gasteiger partial charge is 0.469 e. The highest BCUT2D eigenvalue weighted by Gasteiger charge is 2.00. The Hall–Kier alpha value is -0.500. The van der Waals surface area contributed by atoms with Gasteiger partial charge >= 0.3 is 0 Å². The van der Waals surface area contributed by atoms with Gasteiger partial charge < -0.3 is 4.42 Å². The summed E-state index contributed by atoms with van der Waals surface area (Å²) < 4.78 is 5.35. The van der Waals surface area contributed by atoms with Crippen LogP contribution in [0.2, 0.25) is 0 Å². The molecule has 0 atom stereocenters. The Morgan fingerprint density at radius 3 is 2.92 bits per heavy atom. The molecule has 12 heavy (non-hydrogen) atoms. The molecule has 0 aliphatic heterocycles. The average molecular weight is 229 g/mol. The SMILES string of the molecule is C=C(C)c1coc(CCCBr)c1. The predicted octanol–water partition coefficient (Wildman–Crippen LogP) is 3.64. The smallest absolute Gasteiger partial charge is 0.104 e. The predicted molar refractivity (Wildman–Crippen MR) is 55.5 cm³/mol. The molecule has 0 amide bonds. The van der Waals surface area contributed by atoms with Gasteiger partial charge in [0.05, 0.1) is 6.26 Å². The second kappa shape index (κ2) is 4.51. The topological polar surface area (TPSA) is 13.1 Å². The van der Waals surface area contributed by atoms with E-state index < -0.39 is 0 Å². The standard InChI is InChI=1S/C10H13BrO/c1-8(2)9-6-10(12-7-9)4-3-5-11/h6-7H,1,3-5H2,2H3. The van der Waals surface area contributed by atoms with Crippen molar-refractivity contribution in [2.75, 3.05) is 5.33 Å². The van der Waals surface area contributed by atoms with Crippen LogP contribution in [0.5, 0.6) is 0 Å². The maximum Gasteiger partial charge on any atom is 0.104 e. The van der Waals surface area contributed by atoms with Crippen LogP contribution < -0.4 is 0 Å². The normalized spacial score (nSPS) is 10.2. The maximum atomic E-state index is 5.35. The lowest BCUT2D eigenvalue weighted by Crippen LogP contribution is -1.81. The van der Waals surface area contributed by atoms with E-state index >= 15 is 0 Å². The number of aryl methyl sites for hydroxylation is 1. The van der Waals surface area contributed by atoms with Crippen LogP contribution in [0, 0.1) is 0 Å². The van der Waals surface area contributed by atoms with Gasteiger partial charge in [-0.25, -0.2) is 0 Å². The molecular formula is C10H13BrO. The Balaban J connectivity index is 2.58. The monoisotopic (exact) mass is 228 g/mol. The van der Waals surface area contributed by atoms with Crippen molar-refractivity contribution in [2.45, 2.75) is 19.8 Å². The minimum Gasteiger partial charge on any atom is -0.469 e. The zero-order valence-electron chi connectivity index (χ0n) is 7.27. The van der Waals surface area contributed by atoms with E-state index in [-0.39, 0.29) is 0 Å². The highest BCUT2D eigenvalue weighted by Crippen LogP contribution is 2.16. The van der Waals surface area contributed by atoms with Gasteiger partial charge in [0.1, 0.15) is 5.76 Å². The molecule has 2 heteroatoms. The van der Waals surface area contributed by atoms with Gasteiger partial charge in [-0.2, -0.15) is 0 Å². The van der Waals surface area contributed by atoms with E-state index in [1.807, 2.05) is 6.92 Å². The summed E-state index contributed by atoms with van der Waals surface area (Å²) in [4.78, 5) is 0. The molecule has 0 saturated carbocycles. The molecule has 0 N–H and O–H groups in total. The fraction of sp³-hybridized carbons (Fsp3) is 0.400. The molecule has 0 aliphatic rings. The van der Waals surface area contributed by atoms with Crippen LogP contribution in [0.25, 0.3) is 5.57 Å². The zero-order chi connectivity index (χ0) is 8.97. The van der Waals surface area contributed by atoms with Crippen molar-refractivity contribution in [3.05, 3.63) is 30.2 Å². The van der Waals surface area contributed by atoms with E-state index in [2.05, 4.69) is 28.6 Å². The summed E-state index contributed by atoms with van der Waals surface area (Å²) in [6.07, 6.45) is 3.88. The van der Waals surface area contributed by atoms with Gasteiger partial charge in [0.2, 0.25) is 0 Å². The van der Waals surface area contributed by atoms with Crippen molar-refractivity contribution in [1.82, 2.24) is 0 Å². The third-order valence-electron chi connectivity index (χ3n) is 1.70. The Morgan fingerprint density at radius 2 is 2.42 bits per heavy atom. The van der Waals surface area contributed by atoms with Gasteiger partial charge in [0.15, 0.2) is 0 Å². The van der Waals surface area contributed by atoms with Crippen molar-refractivity contribution in [3.8, 4) is 0 Å². The quantitative estimate of drug-likeness (QED) is 0.718. The van der Waals surface area contributed by atoms with Crippen molar-refractivity contribution in [1.29, 1.82) is 0 Å². The Bertz CT molecular complexity index is 263. The van der Waals surface area contributed by atoms with Gasteiger partial charge in [0, 0.05) is 17.3 Å². The van der Waals surface area contributed by atoms with Crippen molar-refractivity contribution >= 4 is 21.5 Å². The first-order valence-corrected chi connectivity index (χ1v) is 5.15. The van der Waals surface area contributed by atoms with Crippen LogP contribution in [0.3, 0.4) is 0 Å². The number of halogens is 1. The molecule has 0 fully saturated rings. The molecule has 0 spiro atoms. The summed E-state index contributed by atoms with van der Waals surface area (Å²) in [6, 6.07) is 2.06. The summed E-state index contributed by atoms with van der Waals surface area (Å²) in [5, 5.41) is 1.02. The molecular weight excluding hydrogens is 216 g/mol. The lowest BCUT2D eigenvalue weighted by Gasteiger charge is -1.90. The molecule has 0 bridgehead atoms. The molecule has 1 rings (SSSR count). The number of allylic oxidation sites excluding steroid dienone is 1. The van der Waals surface area contributed by atoms with E-state index in [4.69, 9.17) is 4.42 Å². The van der Waals surface area contributed by atoms with E-state index in [9.17, 15) is 0 Å². The first-order valence-electron chi connectivity index (χ1n) is 4.03. The molecule has 1 aromatic heterocycles. The van der Waals surface area contributed by atoms with Crippen molar-refractivity contribution < 1.29 is 4.42 Å². The number of furan rings is 1. The van der Waals surface area contributed by atoms with Crippen LogP contribution in [0.1, 0.15) is 24.7 Å². The molecule has 0 radical (unpaired) electrons. The molecule has 1 heterocycles. The van der Waals surface area contributed by atoms with Gasteiger partial charge in [-0.05, 0) is 25.0 Å². The lowest BCUT2D eigenvalue weighted by molar-refractivity contribution is 0.507. The van der Waals surface area contributed by atoms with Crippen molar-refractivity contribution in [2.24, 2.45) is 0 Å². The maximum absolute atomic E-state index is 5.35. The van der Waals surface area contributed by atoms with Crippen LogP contribution in [0.15, 0.2) is 23.3 Å². The molecule has 0 aliphatic carbocycles. The molecule has 1 aromatic rings. The first kappa shape index (κ1) is 9.59. The number of rotatable bonds is 4. The number of hydrogen-bond donors (Lipinski definition) is 0.